The quantitative estimate of drug-likeness (QED) is 0.274. The maximum atomic E-state index is 13.5. The number of fused-ring (bicyclic) bond motifs is 6. The maximum Gasteiger partial charge on any atom is 0.343 e. The Labute approximate surface area is 204 Å². The molecule has 0 unspecified atom stereocenters. The summed E-state index contributed by atoms with van der Waals surface area (Å²) in [5, 5.41) is 34.0. The van der Waals surface area contributed by atoms with E-state index in [1.54, 1.807) is 23.6 Å². The van der Waals surface area contributed by atoms with Gasteiger partial charge in [0.25, 0.3) is 5.56 Å². The molecule has 3 aliphatic heterocycles. The Morgan fingerprint density at radius 1 is 1.17 bits per heavy atom. The number of aliphatic hydroxyl groups excluding tert-OH is 2. The van der Waals surface area contributed by atoms with E-state index in [1.807, 2.05) is 6.07 Å². The van der Waals surface area contributed by atoms with Gasteiger partial charge in [0.1, 0.15) is 6.61 Å². The Kier molecular flexibility index (Phi) is 5.27. The lowest BCUT2D eigenvalue weighted by Gasteiger charge is -2.31. The van der Waals surface area contributed by atoms with Crippen LogP contribution in [-0.2, 0) is 34.8 Å². The number of benzene rings is 1. The molecule has 0 aliphatic carbocycles. The van der Waals surface area contributed by atoms with Crippen LogP contribution in [0.4, 0.5) is 0 Å². The average molecular weight is 495 g/mol. The fourth-order valence-electron chi connectivity index (χ4n) is 5.18. The smallest absolute Gasteiger partial charge is 0.343 e. The second-order valence-corrected chi connectivity index (χ2v) is 9.21. The van der Waals surface area contributed by atoms with E-state index in [9.17, 15) is 24.9 Å². The van der Waals surface area contributed by atoms with E-state index in [4.69, 9.17) is 19.2 Å². The number of nitrogens with zero attached hydrogens (tertiary/aromatic N) is 2. The SMILES string of the molecule is CC[C@@]1(O)C(=O)OCc2c1cc1n(c2=O)Cc2c-1nc1cc3c(cc1c2CNC[C@H](O)CO)OCO3. The molecule has 2 atom stereocenters. The van der Waals surface area contributed by atoms with Crippen molar-refractivity contribution in [2.75, 3.05) is 19.9 Å². The molecule has 0 saturated heterocycles. The molecule has 2 aromatic heterocycles. The summed E-state index contributed by atoms with van der Waals surface area (Å²) in [5.41, 5.74) is 1.63. The van der Waals surface area contributed by atoms with E-state index in [-0.39, 0.29) is 56.2 Å². The summed E-state index contributed by atoms with van der Waals surface area (Å²) in [6.45, 7) is 1.95. The number of ether oxygens (including phenoxy) is 3. The lowest BCUT2D eigenvalue weighted by molar-refractivity contribution is -0.172. The highest BCUT2D eigenvalue weighted by Gasteiger charge is 2.45. The molecule has 3 aromatic rings. The third kappa shape index (κ3) is 3.24. The van der Waals surface area contributed by atoms with Gasteiger partial charge in [0.2, 0.25) is 6.79 Å². The summed E-state index contributed by atoms with van der Waals surface area (Å²) in [7, 11) is 0. The molecule has 0 spiro atoms. The van der Waals surface area contributed by atoms with Crippen molar-refractivity contribution in [1.82, 2.24) is 14.9 Å². The van der Waals surface area contributed by atoms with Crippen molar-refractivity contribution >= 4 is 16.9 Å². The second kappa shape index (κ2) is 8.27. The van der Waals surface area contributed by atoms with Crippen LogP contribution in [0.15, 0.2) is 23.0 Å². The van der Waals surface area contributed by atoms with Crippen molar-refractivity contribution < 1.29 is 34.3 Å². The maximum absolute atomic E-state index is 13.5. The molecular weight excluding hydrogens is 470 g/mol. The van der Waals surface area contributed by atoms with E-state index in [0.29, 0.717) is 34.9 Å². The van der Waals surface area contributed by atoms with Crippen LogP contribution in [0.1, 0.15) is 35.6 Å². The number of esters is 1. The summed E-state index contributed by atoms with van der Waals surface area (Å²) in [6.07, 6.45) is -0.853. The first-order valence-corrected chi connectivity index (χ1v) is 11.8. The minimum absolute atomic E-state index is 0.0611. The van der Waals surface area contributed by atoms with E-state index in [2.05, 4.69) is 5.32 Å². The topological polar surface area (TPSA) is 152 Å². The Balaban J connectivity index is 1.55. The number of nitrogens with one attached hydrogen (secondary N) is 1. The molecule has 0 radical (unpaired) electrons. The largest absolute Gasteiger partial charge is 0.458 e. The number of pyridine rings is 2. The summed E-state index contributed by atoms with van der Waals surface area (Å²) in [4.78, 5) is 30.8. The van der Waals surface area contributed by atoms with Gasteiger partial charge in [-0.05, 0) is 24.1 Å². The molecule has 4 N–H and O–H groups in total. The van der Waals surface area contributed by atoms with Crippen LogP contribution in [-0.4, -0.2) is 56.9 Å². The first-order chi connectivity index (χ1) is 17.4. The molecule has 0 amide bonds. The normalized spacial score (nSPS) is 20.2. The summed E-state index contributed by atoms with van der Waals surface area (Å²) in [5.74, 6) is 0.382. The Hall–Kier alpha value is -3.51. The van der Waals surface area contributed by atoms with E-state index < -0.39 is 17.7 Å². The molecule has 3 aliphatic rings. The average Bonchev–Trinajstić information content (AvgIpc) is 3.49. The predicted octanol–water partition coefficient (Wildman–Crippen LogP) is 0.251. The number of hydrogen-bond acceptors (Lipinski definition) is 10. The van der Waals surface area contributed by atoms with Gasteiger partial charge < -0.3 is 39.4 Å². The molecule has 0 saturated carbocycles. The number of cyclic esters (lactones) is 1. The lowest BCUT2D eigenvalue weighted by Crippen LogP contribution is -2.44. The van der Waals surface area contributed by atoms with Gasteiger partial charge >= 0.3 is 5.97 Å². The highest BCUT2D eigenvalue weighted by Crippen LogP contribution is 2.43. The number of aliphatic hydroxyl groups is 3. The first-order valence-electron chi connectivity index (χ1n) is 11.8. The second-order valence-electron chi connectivity index (χ2n) is 9.21. The van der Waals surface area contributed by atoms with Gasteiger partial charge in [-0.3, -0.25) is 4.79 Å². The van der Waals surface area contributed by atoms with Gasteiger partial charge in [-0.25, -0.2) is 9.78 Å². The first kappa shape index (κ1) is 22.9. The third-order valence-corrected chi connectivity index (χ3v) is 7.19. The molecule has 36 heavy (non-hydrogen) atoms. The fraction of sp³-hybridized carbons (Fsp3) is 0.400. The molecule has 0 fully saturated rings. The highest BCUT2D eigenvalue weighted by atomic mass is 16.7. The van der Waals surface area contributed by atoms with E-state index >= 15 is 0 Å². The van der Waals surface area contributed by atoms with Crippen molar-refractivity contribution in [1.29, 1.82) is 0 Å². The molecule has 5 heterocycles. The molecule has 11 heteroatoms. The monoisotopic (exact) mass is 495 g/mol. The zero-order valence-electron chi connectivity index (χ0n) is 19.5. The number of hydrogen-bond donors (Lipinski definition) is 4. The Morgan fingerprint density at radius 2 is 1.94 bits per heavy atom. The molecule has 6 rings (SSSR count). The van der Waals surface area contributed by atoms with Crippen LogP contribution >= 0.6 is 0 Å². The van der Waals surface area contributed by atoms with Crippen LogP contribution < -0.4 is 20.3 Å². The lowest BCUT2D eigenvalue weighted by atomic mass is 9.86. The van der Waals surface area contributed by atoms with Crippen molar-refractivity contribution in [2.45, 2.75) is 44.7 Å². The van der Waals surface area contributed by atoms with Crippen molar-refractivity contribution in [3.05, 3.63) is 50.8 Å². The number of aromatic nitrogens is 2. The van der Waals surface area contributed by atoms with Crippen LogP contribution in [0.3, 0.4) is 0 Å². The Morgan fingerprint density at radius 3 is 2.69 bits per heavy atom. The molecular formula is C25H25N3O8. The van der Waals surface area contributed by atoms with Crippen LogP contribution in [0.25, 0.3) is 22.3 Å². The van der Waals surface area contributed by atoms with Gasteiger partial charge in [0.05, 0.1) is 41.7 Å². The van der Waals surface area contributed by atoms with Gasteiger partial charge in [-0.15, -0.1) is 0 Å². The van der Waals surface area contributed by atoms with Gasteiger partial charge in [0.15, 0.2) is 17.1 Å². The zero-order chi connectivity index (χ0) is 25.2. The molecule has 0 bridgehead atoms. The molecule has 188 valence electrons. The standard InChI is InChI=1S/C25H25N3O8/c1-2-25(33)17-4-19-22-15(8-28(19)23(31)16(17)10-34-24(25)32)14(7-26-6-12(30)9-29)13-3-20-21(36-11-35-20)5-18(13)27-22/h3-5,12,26,29-30,33H,2,6-11H2,1H3/t12-,25-/m0/s1. The number of rotatable bonds is 6. The van der Waals surface area contributed by atoms with Crippen molar-refractivity contribution in [3.8, 4) is 22.9 Å². The number of carbonyl (C=O) groups excluding carboxylic acids is 1. The Bertz CT molecular complexity index is 1480. The minimum Gasteiger partial charge on any atom is -0.458 e. The van der Waals surface area contributed by atoms with Crippen LogP contribution in [0, 0.1) is 0 Å². The van der Waals surface area contributed by atoms with Crippen molar-refractivity contribution in [2.24, 2.45) is 0 Å². The minimum atomic E-state index is -1.90. The fourth-order valence-corrected chi connectivity index (χ4v) is 5.18. The van der Waals surface area contributed by atoms with Gasteiger partial charge in [-0.1, -0.05) is 6.92 Å². The van der Waals surface area contributed by atoms with Crippen LogP contribution in [0.2, 0.25) is 0 Å². The van der Waals surface area contributed by atoms with E-state index in [0.717, 1.165) is 16.5 Å². The zero-order valence-corrected chi connectivity index (χ0v) is 19.5. The van der Waals surface area contributed by atoms with Gasteiger partial charge in [0, 0.05) is 35.7 Å². The van der Waals surface area contributed by atoms with Crippen LogP contribution in [0.5, 0.6) is 11.5 Å². The molecule has 1 aromatic carbocycles. The predicted molar refractivity (Wildman–Crippen MR) is 125 cm³/mol. The third-order valence-electron chi connectivity index (χ3n) is 7.19. The summed E-state index contributed by atoms with van der Waals surface area (Å²) < 4.78 is 17.8. The summed E-state index contributed by atoms with van der Waals surface area (Å²) in [6, 6.07) is 5.30. The van der Waals surface area contributed by atoms with Gasteiger partial charge in [-0.2, -0.15) is 0 Å². The van der Waals surface area contributed by atoms with Crippen molar-refractivity contribution in [3.63, 3.8) is 0 Å². The highest BCUT2D eigenvalue weighted by molar-refractivity contribution is 5.91. The van der Waals surface area contributed by atoms with E-state index in [1.165, 1.54) is 0 Å². The summed E-state index contributed by atoms with van der Waals surface area (Å²) >= 11 is 0. The molecule has 11 nitrogen and oxygen atoms in total. The number of carbonyl (C=O) groups is 1.